The molecule has 0 radical (unpaired) electrons. The van der Waals surface area contributed by atoms with Crippen molar-refractivity contribution in [1.29, 1.82) is 0 Å². The molecule has 0 fully saturated rings. The van der Waals surface area contributed by atoms with Gasteiger partial charge in [-0.3, -0.25) is 0 Å². The molecule has 90 valence electrons. The number of nitrogens with one attached hydrogen (secondary N) is 1. The summed E-state index contributed by atoms with van der Waals surface area (Å²) >= 11 is 0. The van der Waals surface area contributed by atoms with Gasteiger partial charge in [0, 0.05) is 5.69 Å². The molecule has 2 aromatic rings. The molecule has 3 nitrogen and oxygen atoms in total. The topological polar surface area (TPSA) is 50.4 Å². The maximum absolute atomic E-state index is 13.7. The van der Waals surface area contributed by atoms with Gasteiger partial charge in [0.05, 0.1) is 5.56 Å². The number of benzene rings is 2. The van der Waals surface area contributed by atoms with Gasteiger partial charge in [-0.2, -0.15) is 0 Å². The smallest absolute Gasteiger partial charge is 0.147 e. The molecule has 1 aliphatic heterocycles. The summed E-state index contributed by atoms with van der Waals surface area (Å²) in [5.74, 6) is -0.122. The van der Waals surface area contributed by atoms with Crippen LogP contribution in [0.3, 0.4) is 0 Å². The lowest BCUT2D eigenvalue weighted by Gasteiger charge is -2.24. The number of anilines is 1. The Morgan fingerprint density at radius 3 is 2.61 bits per heavy atom. The number of fused-ring (bicyclic) bond motifs is 1. The maximum Gasteiger partial charge on any atom is 0.147 e. The highest BCUT2D eigenvalue weighted by Crippen LogP contribution is 2.29. The molecular formula is C14H12FN3. The zero-order chi connectivity index (χ0) is 12.5. The fourth-order valence-electron chi connectivity index (χ4n) is 2.08. The molecule has 0 aromatic heterocycles. The van der Waals surface area contributed by atoms with Gasteiger partial charge in [0.1, 0.15) is 17.8 Å². The summed E-state index contributed by atoms with van der Waals surface area (Å²) in [5.41, 5.74) is 7.87. The van der Waals surface area contributed by atoms with Gasteiger partial charge in [-0.15, -0.1) is 0 Å². The third-order valence-electron chi connectivity index (χ3n) is 2.95. The maximum atomic E-state index is 13.7. The van der Waals surface area contributed by atoms with Crippen molar-refractivity contribution in [2.75, 3.05) is 5.32 Å². The Kier molecular flexibility index (Phi) is 2.48. The standard InChI is InChI=1S/C14H12FN3/c15-10-7-4-8-11-12(10)13(16)18-14(17-11)9-5-2-1-3-6-9/h1-8,14,17H,(H2,16,18). The van der Waals surface area contributed by atoms with Crippen molar-refractivity contribution in [3.63, 3.8) is 0 Å². The van der Waals surface area contributed by atoms with Crippen LogP contribution < -0.4 is 11.1 Å². The first-order valence-corrected chi connectivity index (χ1v) is 5.69. The molecule has 4 heteroatoms. The molecule has 0 spiro atoms. The molecule has 0 saturated carbocycles. The molecule has 0 saturated heterocycles. The average molecular weight is 241 g/mol. The van der Waals surface area contributed by atoms with Crippen LogP contribution in [0.4, 0.5) is 10.1 Å². The summed E-state index contributed by atoms with van der Waals surface area (Å²) in [6, 6.07) is 14.6. The summed E-state index contributed by atoms with van der Waals surface area (Å²) < 4.78 is 13.7. The quantitative estimate of drug-likeness (QED) is 0.806. The largest absolute Gasteiger partial charge is 0.383 e. The van der Waals surface area contributed by atoms with Crippen molar-refractivity contribution in [1.82, 2.24) is 0 Å². The predicted molar refractivity (Wildman–Crippen MR) is 69.9 cm³/mol. The van der Waals surface area contributed by atoms with Crippen LogP contribution in [0.25, 0.3) is 0 Å². The van der Waals surface area contributed by atoms with E-state index in [9.17, 15) is 4.39 Å². The van der Waals surface area contributed by atoms with E-state index in [0.717, 1.165) is 5.56 Å². The summed E-state index contributed by atoms with van der Waals surface area (Å²) in [6.07, 6.45) is -0.263. The normalized spacial score (nSPS) is 17.6. The lowest BCUT2D eigenvalue weighted by Crippen LogP contribution is -2.26. The third kappa shape index (κ3) is 1.72. The minimum atomic E-state index is -0.354. The van der Waals surface area contributed by atoms with E-state index in [0.29, 0.717) is 11.3 Å². The van der Waals surface area contributed by atoms with Gasteiger partial charge in [0.25, 0.3) is 0 Å². The zero-order valence-corrected chi connectivity index (χ0v) is 9.60. The van der Waals surface area contributed by atoms with Crippen LogP contribution in [0.5, 0.6) is 0 Å². The number of nitrogens with two attached hydrogens (primary N) is 1. The van der Waals surface area contributed by atoms with Crippen molar-refractivity contribution >= 4 is 11.5 Å². The van der Waals surface area contributed by atoms with Gasteiger partial charge in [-0.1, -0.05) is 36.4 Å². The first kappa shape index (κ1) is 10.8. The monoisotopic (exact) mass is 241 g/mol. The molecular weight excluding hydrogens is 229 g/mol. The van der Waals surface area contributed by atoms with Gasteiger partial charge in [0.15, 0.2) is 0 Å². The molecule has 0 bridgehead atoms. The van der Waals surface area contributed by atoms with Crippen molar-refractivity contribution in [2.24, 2.45) is 10.7 Å². The number of nitrogens with zero attached hydrogens (tertiary/aromatic N) is 1. The van der Waals surface area contributed by atoms with Gasteiger partial charge >= 0.3 is 0 Å². The first-order valence-electron chi connectivity index (χ1n) is 5.69. The molecule has 1 heterocycles. The zero-order valence-electron chi connectivity index (χ0n) is 9.60. The fourth-order valence-corrected chi connectivity index (χ4v) is 2.08. The van der Waals surface area contributed by atoms with E-state index < -0.39 is 0 Å². The highest BCUT2D eigenvalue weighted by molar-refractivity contribution is 6.04. The van der Waals surface area contributed by atoms with Crippen molar-refractivity contribution in [3.8, 4) is 0 Å². The minimum Gasteiger partial charge on any atom is -0.383 e. The van der Waals surface area contributed by atoms with E-state index in [2.05, 4.69) is 10.3 Å². The van der Waals surface area contributed by atoms with Crippen LogP contribution in [0.1, 0.15) is 17.3 Å². The van der Waals surface area contributed by atoms with E-state index in [-0.39, 0.29) is 17.8 Å². The summed E-state index contributed by atoms with van der Waals surface area (Å²) in [5, 5.41) is 3.18. The van der Waals surface area contributed by atoms with E-state index in [1.54, 1.807) is 12.1 Å². The molecule has 1 unspecified atom stereocenters. The summed E-state index contributed by atoms with van der Waals surface area (Å²) in [4.78, 5) is 4.30. The van der Waals surface area contributed by atoms with Crippen LogP contribution in [-0.4, -0.2) is 5.84 Å². The van der Waals surface area contributed by atoms with Crippen molar-refractivity contribution in [2.45, 2.75) is 6.17 Å². The Bertz CT molecular complexity index is 608. The predicted octanol–water partition coefficient (Wildman–Crippen LogP) is 2.66. The third-order valence-corrected chi connectivity index (χ3v) is 2.95. The molecule has 0 amide bonds. The number of aliphatic imine (C=N–C) groups is 1. The molecule has 2 aromatic carbocycles. The Morgan fingerprint density at radius 2 is 1.83 bits per heavy atom. The Labute approximate surface area is 104 Å². The van der Waals surface area contributed by atoms with Crippen molar-refractivity contribution < 1.29 is 4.39 Å². The highest BCUT2D eigenvalue weighted by atomic mass is 19.1. The first-order chi connectivity index (χ1) is 8.75. The molecule has 3 N–H and O–H groups in total. The second-order valence-electron chi connectivity index (χ2n) is 4.13. The number of hydrogen-bond donors (Lipinski definition) is 2. The lowest BCUT2D eigenvalue weighted by atomic mass is 10.1. The van der Waals surface area contributed by atoms with Gasteiger partial charge in [0.2, 0.25) is 0 Å². The molecule has 18 heavy (non-hydrogen) atoms. The van der Waals surface area contributed by atoms with E-state index in [1.807, 2.05) is 30.3 Å². The van der Waals surface area contributed by atoms with Gasteiger partial charge < -0.3 is 11.1 Å². The van der Waals surface area contributed by atoms with E-state index in [4.69, 9.17) is 5.73 Å². The van der Waals surface area contributed by atoms with Crippen molar-refractivity contribution in [3.05, 3.63) is 65.5 Å². The number of amidine groups is 1. The van der Waals surface area contributed by atoms with Crippen LogP contribution in [0.2, 0.25) is 0 Å². The molecule has 1 atom stereocenters. The molecule has 0 aliphatic carbocycles. The molecule has 3 rings (SSSR count). The van der Waals surface area contributed by atoms with E-state index >= 15 is 0 Å². The Balaban J connectivity index is 2.05. The van der Waals surface area contributed by atoms with Crippen LogP contribution in [0.15, 0.2) is 53.5 Å². The lowest BCUT2D eigenvalue weighted by molar-refractivity contribution is 0.623. The van der Waals surface area contributed by atoms with E-state index in [1.165, 1.54) is 6.07 Å². The Hall–Kier alpha value is -2.36. The SMILES string of the molecule is NC1=NC(c2ccccc2)Nc2cccc(F)c21. The highest BCUT2D eigenvalue weighted by Gasteiger charge is 2.22. The summed E-state index contributed by atoms with van der Waals surface area (Å²) in [7, 11) is 0. The van der Waals surface area contributed by atoms with Gasteiger partial charge in [-0.25, -0.2) is 9.38 Å². The van der Waals surface area contributed by atoms with Gasteiger partial charge in [-0.05, 0) is 17.7 Å². The fraction of sp³-hybridized carbons (Fsp3) is 0.0714. The number of halogens is 1. The molecule has 1 aliphatic rings. The minimum absolute atomic E-state index is 0.232. The van der Waals surface area contributed by atoms with Crippen LogP contribution in [-0.2, 0) is 0 Å². The number of rotatable bonds is 1. The summed E-state index contributed by atoms with van der Waals surface area (Å²) in [6.45, 7) is 0. The number of hydrogen-bond acceptors (Lipinski definition) is 3. The second kappa shape index (κ2) is 4.14. The average Bonchev–Trinajstić information content (AvgIpc) is 2.39. The van der Waals surface area contributed by atoms with Crippen LogP contribution in [0, 0.1) is 5.82 Å². The second-order valence-corrected chi connectivity index (χ2v) is 4.13. The van der Waals surface area contributed by atoms with Crippen LogP contribution >= 0.6 is 0 Å². The Morgan fingerprint density at radius 1 is 1.06 bits per heavy atom.